The van der Waals surface area contributed by atoms with Crippen LogP contribution in [0.15, 0.2) is 57.7 Å². The normalized spacial score (nSPS) is 10.8. The molecule has 0 amide bonds. The maximum atomic E-state index is 12.2. The molecule has 0 unspecified atom stereocenters. The number of carbonyl (C=O) groups is 2. The Balaban J connectivity index is 2.01. The lowest BCUT2D eigenvalue weighted by atomic mass is 10.1. The van der Waals surface area contributed by atoms with Gasteiger partial charge in [0.15, 0.2) is 17.1 Å². The molecule has 0 aliphatic carbocycles. The molecule has 0 saturated heterocycles. The number of benzene rings is 2. The highest BCUT2D eigenvalue weighted by atomic mass is 16.4. The fourth-order valence-electron chi connectivity index (χ4n) is 2.29. The number of fused-ring (bicyclic) bond motifs is 1. The quantitative estimate of drug-likeness (QED) is 0.694. The Morgan fingerprint density at radius 3 is 2.45 bits per heavy atom. The SMILES string of the molecule is CC(=O)c1ccc2c(c1)oc(=O)n2CC(=O)c1ccccc1. The van der Waals surface area contributed by atoms with Crippen LogP contribution in [-0.2, 0) is 6.54 Å². The molecule has 2 aromatic carbocycles. The maximum Gasteiger partial charge on any atom is 0.420 e. The standard InChI is InChI=1S/C17H13NO4/c1-11(19)13-7-8-14-16(9-13)22-17(21)18(14)10-15(20)12-5-3-2-4-6-12/h2-9H,10H2,1H3. The lowest BCUT2D eigenvalue weighted by Gasteiger charge is -2.02. The first kappa shape index (κ1) is 14.0. The molecule has 0 spiro atoms. The summed E-state index contributed by atoms with van der Waals surface area (Å²) in [7, 11) is 0. The van der Waals surface area contributed by atoms with Gasteiger partial charge in [-0.2, -0.15) is 0 Å². The minimum absolute atomic E-state index is 0.102. The summed E-state index contributed by atoms with van der Waals surface area (Å²) in [5.41, 5.74) is 1.80. The van der Waals surface area contributed by atoms with Gasteiger partial charge in [0.2, 0.25) is 0 Å². The molecule has 1 aromatic heterocycles. The van der Waals surface area contributed by atoms with Crippen molar-refractivity contribution < 1.29 is 14.0 Å². The van der Waals surface area contributed by atoms with Crippen molar-refractivity contribution in [2.45, 2.75) is 13.5 Å². The Morgan fingerprint density at radius 1 is 1.05 bits per heavy atom. The van der Waals surface area contributed by atoms with Crippen LogP contribution in [0.25, 0.3) is 11.1 Å². The molecule has 0 atom stereocenters. The first-order valence-electron chi connectivity index (χ1n) is 6.79. The summed E-state index contributed by atoms with van der Waals surface area (Å²) in [5.74, 6) is -0.904. The average Bonchev–Trinajstić information content (AvgIpc) is 2.83. The van der Waals surface area contributed by atoms with Crippen LogP contribution in [0.2, 0.25) is 0 Å². The van der Waals surface area contributed by atoms with Crippen LogP contribution in [-0.4, -0.2) is 16.1 Å². The minimum Gasteiger partial charge on any atom is -0.408 e. The minimum atomic E-state index is -0.611. The van der Waals surface area contributed by atoms with Crippen molar-refractivity contribution in [2.75, 3.05) is 0 Å². The van der Waals surface area contributed by atoms with Crippen molar-refractivity contribution in [3.05, 3.63) is 70.2 Å². The molecular weight excluding hydrogens is 282 g/mol. The lowest BCUT2D eigenvalue weighted by Crippen LogP contribution is -2.20. The van der Waals surface area contributed by atoms with E-state index in [4.69, 9.17) is 4.42 Å². The third-order valence-corrected chi connectivity index (χ3v) is 3.47. The molecule has 0 aliphatic rings. The third kappa shape index (κ3) is 2.48. The van der Waals surface area contributed by atoms with Crippen LogP contribution in [0.3, 0.4) is 0 Å². The van der Waals surface area contributed by atoms with Crippen molar-refractivity contribution in [3.8, 4) is 0 Å². The predicted molar refractivity (Wildman–Crippen MR) is 81.3 cm³/mol. The van der Waals surface area contributed by atoms with Gasteiger partial charge >= 0.3 is 5.76 Å². The molecule has 110 valence electrons. The highest BCUT2D eigenvalue weighted by molar-refractivity contribution is 5.98. The molecular formula is C17H13NO4. The van der Waals surface area contributed by atoms with E-state index in [1.807, 2.05) is 6.07 Å². The number of rotatable bonds is 4. The Morgan fingerprint density at radius 2 is 1.77 bits per heavy atom. The molecule has 1 heterocycles. The van der Waals surface area contributed by atoms with Crippen LogP contribution >= 0.6 is 0 Å². The fourth-order valence-corrected chi connectivity index (χ4v) is 2.29. The lowest BCUT2D eigenvalue weighted by molar-refractivity contribution is 0.0969. The molecule has 3 rings (SSSR count). The zero-order chi connectivity index (χ0) is 15.7. The molecule has 5 nitrogen and oxygen atoms in total. The van der Waals surface area contributed by atoms with Gasteiger partial charge in [0.05, 0.1) is 12.1 Å². The first-order chi connectivity index (χ1) is 10.6. The van der Waals surface area contributed by atoms with E-state index >= 15 is 0 Å². The third-order valence-electron chi connectivity index (χ3n) is 3.47. The number of Topliss-reactive ketones (excluding diaryl/α,β-unsaturated/α-hetero) is 2. The number of oxazole rings is 1. The summed E-state index contributed by atoms with van der Waals surface area (Å²) in [5, 5.41) is 0. The van der Waals surface area contributed by atoms with E-state index in [1.54, 1.807) is 36.4 Å². The molecule has 0 aliphatic heterocycles. The summed E-state index contributed by atoms with van der Waals surface area (Å²) >= 11 is 0. The van der Waals surface area contributed by atoms with Crippen LogP contribution in [0.5, 0.6) is 0 Å². The Bertz CT molecular complexity index is 919. The molecule has 0 radical (unpaired) electrons. The van der Waals surface area contributed by atoms with Crippen molar-refractivity contribution >= 4 is 22.7 Å². The molecule has 0 N–H and O–H groups in total. The van der Waals surface area contributed by atoms with Gasteiger partial charge in [-0.1, -0.05) is 30.3 Å². The topological polar surface area (TPSA) is 69.3 Å². The monoisotopic (exact) mass is 295 g/mol. The number of aromatic nitrogens is 1. The molecule has 22 heavy (non-hydrogen) atoms. The van der Waals surface area contributed by atoms with Gasteiger partial charge in [0.25, 0.3) is 0 Å². The highest BCUT2D eigenvalue weighted by Crippen LogP contribution is 2.16. The number of hydrogen-bond acceptors (Lipinski definition) is 4. The van der Waals surface area contributed by atoms with Crippen molar-refractivity contribution in [1.29, 1.82) is 0 Å². The van der Waals surface area contributed by atoms with E-state index in [0.717, 1.165) is 0 Å². The molecule has 0 bridgehead atoms. The van der Waals surface area contributed by atoms with Gasteiger partial charge in [0.1, 0.15) is 0 Å². The van der Waals surface area contributed by atoms with Gasteiger partial charge in [0, 0.05) is 11.1 Å². The van der Waals surface area contributed by atoms with E-state index in [0.29, 0.717) is 22.2 Å². The van der Waals surface area contributed by atoms with Crippen LogP contribution in [0.4, 0.5) is 0 Å². The second-order valence-electron chi connectivity index (χ2n) is 4.98. The summed E-state index contributed by atoms with van der Waals surface area (Å²) < 4.78 is 6.40. The second kappa shape index (κ2) is 5.44. The summed E-state index contributed by atoms with van der Waals surface area (Å²) in [4.78, 5) is 35.5. The summed E-state index contributed by atoms with van der Waals surface area (Å²) in [6.45, 7) is 1.34. The Hall–Kier alpha value is -2.95. The number of ketones is 2. The molecule has 0 saturated carbocycles. The van der Waals surface area contributed by atoms with Crippen LogP contribution < -0.4 is 5.76 Å². The van der Waals surface area contributed by atoms with Gasteiger partial charge < -0.3 is 4.42 Å². The molecule has 0 fully saturated rings. The van der Waals surface area contributed by atoms with Gasteiger partial charge in [-0.15, -0.1) is 0 Å². The first-order valence-corrected chi connectivity index (χ1v) is 6.79. The number of nitrogens with zero attached hydrogens (tertiary/aromatic N) is 1. The largest absolute Gasteiger partial charge is 0.420 e. The Labute approximate surface area is 125 Å². The van der Waals surface area contributed by atoms with Crippen LogP contribution in [0.1, 0.15) is 27.6 Å². The van der Waals surface area contributed by atoms with E-state index in [2.05, 4.69) is 0 Å². The van der Waals surface area contributed by atoms with Gasteiger partial charge in [-0.05, 0) is 25.1 Å². The molecule has 3 aromatic rings. The van der Waals surface area contributed by atoms with E-state index in [-0.39, 0.29) is 18.1 Å². The summed E-state index contributed by atoms with van der Waals surface area (Å²) in [6.07, 6.45) is 0. The highest BCUT2D eigenvalue weighted by Gasteiger charge is 2.15. The van der Waals surface area contributed by atoms with Crippen molar-refractivity contribution in [2.24, 2.45) is 0 Å². The van der Waals surface area contributed by atoms with Crippen LogP contribution in [0, 0.1) is 0 Å². The van der Waals surface area contributed by atoms with E-state index in [9.17, 15) is 14.4 Å². The smallest absolute Gasteiger partial charge is 0.408 e. The number of hydrogen-bond donors (Lipinski definition) is 0. The van der Waals surface area contributed by atoms with E-state index in [1.165, 1.54) is 17.6 Å². The van der Waals surface area contributed by atoms with Gasteiger partial charge in [-0.3, -0.25) is 14.2 Å². The second-order valence-corrected chi connectivity index (χ2v) is 4.98. The van der Waals surface area contributed by atoms with Gasteiger partial charge in [-0.25, -0.2) is 4.79 Å². The zero-order valence-electron chi connectivity index (χ0n) is 11.9. The molecule has 5 heteroatoms. The average molecular weight is 295 g/mol. The predicted octanol–water partition coefficient (Wildman–Crippen LogP) is 2.68. The van der Waals surface area contributed by atoms with E-state index < -0.39 is 5.76 Å². The number of carbonyl (C=O) groups excluding carboxylic acids is 2. The summed E-state index contributed by atoms with van der Waals surface area (Å²) in [6, 6.07) is 13.5. The fraction of sp³-hybridized carbons (Fsp3) is 0.118. The van der Waals surface area contributed by atoms with Crippen molar-refractivity contribution in [1.82, 2.24) is 4.57 Å². The zero-order valence-corrected chi connectivity index (χ0v) is 11.9. The maximum absolute atomic E-state index is 12.2. The Kier molecular flexibility index (Phi) is 3.47. The van der Waals surface area contributed by atoms with Crippen molar-refractivity contribution in [3.63, 3.8) is 0 Å².